The molecule has 10 atom stereocenters. The molecule has 6 rings (SSSR count). The molecular formula is C16H20O4. The number of carbonyl (C=O) groups is 2. The van der Waals surface area contributed by atoms with Crippen LogP contribution in [0.25, 0.3) is 0 Å². The third-order valence-electron chi connectivity index (χ3n) is 8.31. The van der Waals surface area contributed by atoms with E-state index in [0.717, 1.165) is 0 Å². The highest BCUT2D eigenvalue weighted by Gasteiger charge is 3.01. The van der Waals surface area contributed by atoms with Crippen LogP contribution in [0.15, 0.2) is 0 Å². The molecule has 6 fully saturated rings. The van der Waals surface area contributed by atoms with Gasteiger partial charge in [-0.1, -0.05) is 13.8 Å². The molecule has 0 radical (unpaired) electrons. The van der Waals surface area contributed by atoms with Crippen molar-refractivity contribution >= 4 is 11.9 Å². The molecule has 0 aromatic rings. The zero-order valence-electron chi connectivity index (χ0n) is 12.3. The summed E-state index contributed by atoms with van der Waals surface area (Å²) >= 11 is 0. The molecule has 6 aliphatic rings. The minimum Gasteiger partial charge on any atom is -0.469 e. The van der Waals surface area contributed by atoms with E-state index < -0.39 is 0 Å². The van der Waals surface area contributed by atoms with Gasteiger partial charge in [-0.3, -0.25) is 9.59 Å². The third kappa shape index (κ3) is 0.746. The van der Waals surface area contributed by atoms with E-state index in [1.54, 1.807) is 0 Å². The van der Waals surface area contributed by atoms with Gasteiger partial charge in [-0.05, 0) is 46.3 Å². The van der Waals surface area contributed by atoms with Gasteiger partial charge >= 0.3 is 11.9 Å². The molecule has 4 unspecified atom stereocenters. The van der Waals surface area contributed by atoms with Crippen LogP contribution in [-0.4, -0.2) is 26.2 Å². The number of hydrogen-bond donors (Lipinski definition) is 0. The van der Waals surface area contributed by atoms with Crippen molar-refractivity contribution in [2.75, 3.05) is 14.2 Å². The maximum atomic E-state index is 12.3. The Kier molecular flexibility index (Phi) is 1.62. The molecule has 0 spiro atoms. The normalized spacial score (nSPS) is 65.8. The van der Waals surface area contributed by atoms with Crippen molar-refractivity contribution in [3.63, 3.8) is 0 Å². The first-order valence-electron chi connectivity index (χ1n) is 7.62. The van der Waals surface area contributed by atoms with E-state index in [4.69, 9.17) is 9.47 Å². The molecule has 0 N–H and O–H groups in total. The zero-order valence-corrected chi connectivity index (χ0v) is 12.3. The van der Waals surface area contributed by atoms with Gasteiger partial charge in [0.2, 0.25) is 0 Å². The van der Waals surface area contributed by atoms with Gasteiger partial charge in [-0.15, -0.1) is 0 Å². The van der Waals surface area contributed by atoms with E-state index in [0.29, 0.717) is 46.3 Å². The van der Waals surface area contributed by atoms with Crippen LogP contribution in [0.1, 0.15) is 13.8 Å². The second-order valence-corrected chi connectivity index (χ2v) is 7.92. The van der Waals surface area contributed by atoms with Gasteiger partial charge in [0, 0.05) is 0 Å². The van der Waals surface area contributed by atoms with Gasteiger partial charge in [-0.25, -0.2) is 0 Å². The summed E-state index contributed by atoms with van der Waals surface area (Å²) in [5.41, 5.74) is 0.763. The minimum absolute atomic E-state index is 0.197. The summed E-state index contributed by atoms with van der Waals surface area (Å²) in [7, 11) is 2.87. The second kappa shape index (κ2) is 2.79. The minimum atomic E-state index is -0.258. The van der Waals surface area contributed by atoms with Gasteiger partial charge in [0.25, 0.3) is 0 Å². The molecule has 0 saturated heterocycles. The Hall–Kier alpha value is -1.06. The molecular weight excluding hydrogens is 256 g/mol. The summed E-state index contributed by atoms with van der Waals surface area (Å²) in [6.07, 6.45) is 0. The quantitative estimate of drug-likeness (QED) is 0.714. The number of fused-ring (bicyclic) bond motifs is 1. The molecule has 0 aromatic heterocycles. The first-order valence-corrected chi connectivity index (χ1v) is 7.62. The maximum absolute atomic E-state index is 12.3. The lowest BCUT2D eigenvalue weighted by Gasteiger charge is -2.44. The Labute approximate surface area is 118 Å². The van der Waals surface area contributed by atoms with Crippen molar-refractivity contribution in [3.8, 4) is 0 Å². The van der Waals surface area contributed by atoms with E-state index in [-0.39, 0.29) is 23.8 Å². The van der Waals surface area contributed by atoms with E-state index >= 15 is 0 Å². The van der Waals surface area contributed by atoms with Gasteiger partial charge in [0.1, 0.15) is 0 Å². The monoisotopic (exact) mass is 276 g/mol. The molecule has 4 nitrogen and oxygen atoms in total. The largest absolute Gasteiger partial charge is 0.469 e. The van der Waals surface area contributed by atoms with Crippen molar-refractivity contribution in [2.24, 2.45) is 58.2 Å². The topological polar surface area (TPSA) is 52.6 Å². The lowest BCUT2D eigenvalue weighted by molar-refractivity contribution is -0.171. The lowest BCUT2D eigenvalue weighted by atomic mass is 9.58. The van der Waals surface area contributed by atoms with E-state index in [9.17, 15) is 9.59 Å². The SMILES string of the molecule is COC(=O)[C@@H]1C2[C@@H]3[C@H]4C([C@@H]1C(=O)OC)[C@H]1[C@H]2C1(C)C34C. The Bertz CT molecular complexity index is 497. The first-order chi connectivity index (χ1) is 9.46. The van der Waals surface area contributed by atoms with Crippen LogP contribution in [0.2, 0.25) is 0 Å². The summed E-state index contributed by atoms with van der Waals surface area (Å²) in [4.78, 5) is 24.6. The predicted molar refractivity (Wildman–Crippen MR) is 68.2 cm³/mol. The van der Waals surface area contributed by atoms with Crippen LogP contribution in [0.3, 0.4) is 0 Å². The molecule has 0 aliphatic heterocycles. The van der Waals surface area contributed by atoms with E-state index in [1.165, 1.54) is 14.2 Å². The van der Waals surface area contributed by atoms with E-state index in [1.807, 2.05) is 0 Å². The first kappa shape index (κ1) is 11.6. The number of ether oxygens (including phenoxy) is 2. The molecule has 0 amide bonds. The smallest absolute Gasteiger partial charge is 0.309 e. The van der Waals surface area contributed by atoms with Crippen molar-refractivity contribution in [3.05, 3.63) is 0 Å². The molecule has 0 aromatic carbocycles. The highest BCUT2D eigenvalue weighted by Crippen LogP contribution is 3.03. The highest BCUT2D eigenvalue weighted by atomic mass is 16.5. The van der Waals surface area contributed by atoms with Crippen LogP contribution < -0.4 is 0 Å². The van der Waals surface area contributed by atoms with Crippen LogP contribution in [-0.2, 0) is 19.1 Å². The number of carbonyl (C=O) groups excluding carboxylic acids is 2. The standard InChI is InChI=1S/C16H20O4/c1-15-9-7-5(13(17)19-3)6(14(18)20-4)8(10(9)15)12-11(7)16(12,15)2/h5-12H,1-4H3/t5-,6+,7?,8?,9-,10-,11+,12+,15?,16?. The highest BCUT2D eigenvalue weighted by molar-refractivity contribution is 5.85. The summed E-state index contributed by atoms with van der Waals surface area (Å²) < 4.78 is 10.1. The molecule has 0 heterocycles. The fourth-order valence-electron chi connectivity index (χ4n) is 7.85. The van der Waals surface area contributed by atoms with Crippen LogP contribution in [0.4, 0.5) is 0 Å². The number of rotatable bonds is 2. The van der Waals surface area contributed by atoms with Crippen molar-refractivity contribution in [1.29, 1.82) is 0 Å². The fourth-order valence-corrected chi connectivity index (χ4v) is 7.85. The third-order valence-corrected chi connectivity index (χ3v) is 8.31. The Morgan fingerprint density at radius 2 is 1.05 bits per heavy atom. The lowest BCUT2D eigenvalue weighted by Crippen LogP contribution is -2.51. The molecule has 4 heteroatoms. The van der Waals surface area contributed by atoms with Gasteiger partial charge in [-0.2, -0.15) is 0 Å². The van der Waals surface area contributed by atoms with Gasteiger partial charge < -0.3 is 9.47 Å². The average Bonchev–Trinajstić information content (AvgIpc) is 3.27. The molecule has 20 heavy (non-hydrogen) atoms. The van der Waals surface area contributed by atoms with Crippen molar-refractivity contribution in [2.45, 2.75) is 13.8 Å². The predicted octanol–water partition coefficient (Wildman–Crippen LogP) is 1.34. The van der Waals surface area contributed by atoms with Crippen molar-refractivity contribution < 1.29 is 19.1 Å². The Balaban J connectivity index is 1.65. The number of esters is 2. The van der Waals surface area contributed by atoms with Crippen LogP contribution >= 0.6 is 0 Å². The van der Waals surface area contributed by atoms with Crippen molar-refractivity contribution in [1.82, 2.24) is 0 Å². The molecule has 108 valence electrons. The fraction of sp³-hybridized carbons (Fsp3) is 0.875. The van der Waals surface area contributed by atoms with Crippen LogP contribution in [0, 0.1) is 58.2 Å². The molecule has 2 bridgehead atoms. The van der Waals surface area contributed by atoms with Crippen LogP contribution in [0.5, 0.6) is 0 Å². The second-order valence-electron chi connectivity index (χ2n) is 7.92. The zero-order chi connectivity index (χ0) is 14.2. The van der Waals surface area contributed by atoms with Gasteiger partial charge in [0.05, 0.1) is 26.1 Å². The number of hydrogen-bond acceptors (Lipinski definition) is 4. The maximum Gasteiger partial charge on any atom is 0.309 e. The summed E-state index contributed by atoms with van der Waals surface area (Å²) in [6.45, 7) is 4.78. The molecule has 6 saturated carbocycles. The number of methoxy groups -OCH3 is 2. The molecule has 6 aliphatic carbocycles. The average molecular weight is 276 g/mol. The Morgan fingerprint density at radius 1 is 0.750 bits per heavy atom. The van der Waals surface area contributed by atoms with E-state index in [2.05, 4.69) is 13.8 Å². The van der Waals surface area contributed by atoms with Gasteiger partial charge in [0.15, 0.2) is 0 Å². The summed E-state index contributed by atoms with van der Waals surface area (Å²) in [5.74, 6) is 2.42. The summed E-state index contributed by atoms with van der Waals surface area (Å²) in [5, 5.41) is 0. The summed E-state index contributed by atoms with van der Waals surface area (Å²) in [6, 6.07) is 0. The Morgan fingerprint density at radius 3 is 1.30 bits per heavy atom.